The summed E-state index contributed by atoms with van der Waals surface area (Å²) in [5.74, 6) is 4.55. The third kappa shape index (κ3) is 2.12. The largest absolute Gasteiger partial charge is 0.462 e. The molecule has 7 atom stereocenters. The summed E-state index contributed by atoms with van der Waals surface area (Å²) in [6, 6.07) is 0. The van der Waals surface area contributed by atoms with Crippen molar-refractivity contribution in [2.75, 3.05) is 0 Å². The van der Waals surface area contributed by atoms with Gasteiger partial charge in [-0.2, -0.15) is 0 Å². The van der Waals surface area contributed by atoms with E-state index in [1.54, 1.807) is 0 Å². The molecule has 4 aliphatic carbocycles. The number of hydrogen-bond acceptors (Lipinski definition) is 2. The smallest absolute Gasteiger partial charge is 0.306 e. The minimum atomic E-state index is 0.0872. The van der Waals surface area contributed by atoms with Gasteiger partial charge in [0.1, 0.15) is 6.10 Å². The molecule has 0 heterocycles. The molecule has 2 nitrogen and oxygen atoms in total. The van der Waals surface area contributed by atoms with Crippen molar-refractivity contribution in [2.45, 2.75) is 58.0 Å². The number of carbonyl (C=O) groups is 1. The third-order valence-electron chi connectivity index (χ3n) is 6.48. The second-order valence-electron chi connectivity index (χ2n) is 7.82. The van der Waals surface area contributed by atoms with E-state index in [1.165, 1.54) is 32.1 Å². The summed E-state index contributed by atoms with van der Waals surface area (Å²) in [7, 11) is 0. The molecular weight excluding hydrogens is 248 g/mol. The molecule has 0 N–H and O–H groups in total. The van der Waals surface area contributed by atoms with E-state index in [4.69, 9.17) is 4.74 Å². The van der Waals surface area contributed by atoms with Gasteiger partial charge in [0.15, 0.2) is 0 Å². The highest BCUT2D eigenvalue weighted by Gasteiger charge is 2.53. The molecule has 0 aromatic carbocycles. The van der Waals surface area contributed by atoms with Crippen LogP contribution >= 0.6 is 0 Å². The number of carbonyl (C=O) groups excluding carboxylic acids is 1. The maximum atomic E-state index is 12.2. The Kier molecular flexibility index (Phi) is 3.16. The van der Waals surface area contributed by atoms with Gasteiger partial charge >= 0.3 is 5.97 Å². The zero-order valence-corrected chi connectivity index (χ0v) is 12.5. The average molecular weight is 274 g/mol. The Morgan fingerprint density at radius 2 is 2.10 bits per heavy atom. The van der Waals surface area contributed by atoms with Crippen molar-refractivity contribution >= 4 is 5.97 Å². The predicted octanol–water partition coefficient (Wildman–Crippen LogP) is 3.96. The van der Waals surface area contributed by atoms with Crippen LogP contribution in [0.2, 0.25) is 0 Å². The van der Waals surface area contributed by atoms with Crippen molar-refractivity contribution in [2.24, 2.45) is 35.5 Å². The lowest BCUT2D eigenvalue weighted by Gasteiger charge is -2.31. The van der Waals surface area contributed by atoms with Crippen molar-refractivity contribution in [3.8, 4) is 0 Å². The van der Waals surface area contributed by atoms with Crippen molar-refractivity contribution in [1.29, 1.82) is 0 Å². The van der Waals surface area contributed by atoms with E-state index < -0.39 is 0 Å². The number of esters is 1. The molecule has 4 rings (SSSR count). The summed E-state index contributed by atoms with van der Waals surface area (Å²) >= 11 is 0. The van der Waals surface area contributed by atoms with Crippen molar-refractivity contribution in [3.63, 3.8) is 0 Å². The zero-order valence-electron chi connectivity index (χ0n) is 12.5. The van der Waals surface area contributed by atoms with Crippen LogP contribution in [-0.4, -0.2) is 12.1 Å². The third-order valence-corrected chi connectivity index (χ3v) is 6.48. The fourth-order valence-corrected chi connectivity index (χ4v) is 5.59. The van der Waals surface area contributed by atoms with Gasteiger partial charge in [-0.25, -0.2) is 0 Å². The topological polar surface area (TPSA) is 26.3 Å². The minimum absolute atomic E-state index is 0.0872. The molecular formula is C18H26O2. The van der Waals surface area contributed by atoms with Gasteiger partial charge in [0.2, 0.25) is 0 Å². The second kappa shape index (κ2) is 4.89. The SMILES string of the molecule is CC1CCC(CC(=O)OC2CC3CC2C2CC=CC32)C1. The minimum Gasteiger partial charge on any atom is -0.462 e. The lowest BCUT2D eigenvalue weighted by atomic mass is 9.80. The van der Waals surface area contributed by atoms with E-state index in [0.29, 0.717) is 18.3 Å². The molecule has 0 radical (unpaired) electrons. The molecule has 0 spiro atoms. The molecule has 7 unspecified atom stereocenters. The van der Waals surface area contributed by atoms with Crippen LogP contribution in [0, 0.1) is 35.5 Å². The summed E-state index contributed by atoms with van der Waals surface area (Å²) in [6.07, 6.45) is 13.1. The summed E-state index contributed by atoms with van der Waals surface area (Å²) in [6.45, 7) is 2.30. The number of hydrogen-bond donors (Lipinski definition) is 0. The van der Waals surface area contributed by atoms with Gasteiger partial charge in [-0.05, 0) is 67.6 Å². The first-order valence-corrected chi connectivity index (χ1v) is 8.57. The van der Waals surface area contributed by atoms with Crippen molar-refractivity contribution in [1.82, 2.24) is 0 Å². The Morgan fingerprint density at radius 3 is 2.90 bits per heavy atom. The van der Waals surface area contributed by atoms with E-state index in [0.717, 1.165) is 30.1 Å². The van der Waals surface area contributed by atoms with E-state index in [2.05, 4.69) is 19.1 Å². The number of fused-ring (bicyclic) bond motifs is 5. The first-order chi connectivity index (χ1) is 9.70. The fraction of sp³-hybridized carbons (Fsp3) is 0.833. The van der Waals surface area contributed by atoms with Crippen LogP contribution in [0.5, 0.6) is 0 Å². The van der Waals surface area contributed by atoms with Gasteiger partial charge in [0, 0.05) is 6.42 Å². The van der Waals surface area contributed by atoms with Crippen LogP contribution < -0.4 is 0 Å². The molecule has 0 aromatic rings. The maximum Gasteiger partial charge on any atom is 0.306 e. The van der Waals surface area contributed by atoms with Gasteiger partial charge < -0.3 is 4.74 Å². The van der Waals surface area contributed by atoms with Crippen LogP contribution in [0.4, 0.5) is 0 Å². The Hall–Kier alpha value is -0.790. The molecule has 0 aliphatic heterocycles. The fourth-order valence-electron chi connectivity index (χ4n) is 5.59. The summed E-state index contributed by atoms with van der Waals surface area (Å²) in [4.78, 5) is 12.2. The Labute approximate surface area is 122 Å². The van der Waals surface area contributed by atoms with E-state index >= 15 is 0 Å². The number of allylic oxidation sites excluding steroid dienone is 2. The average Bonchev–Trinajstić information content (AvgIpc) is 3.10. The lowest BCUT2D eigenvalue weighted by molar-refractivity contribution is -0.154. The lowest BCUT2D eigenvalue weighted by Crippen LogP contribution is -2.32. The van der Waals surface area contributed by atoms with Crippen molar-refractivity contribution < 1.29 is 9.53 Å². The molecule has 4 aliphatic rings. The summed E-state index contributed by atoms with van der Waals surface area (Å²) in [5.41, 5.74) is 0. The first-order valence-electron chi connectivity index (χ1n) is 8.57. The Balaban J connectivity index is 1.31. The molecule has 20 heavy (non-hydrogen) atoms. The molecule has 3 saturated carbocycles. The van der Waals surface area contributed by atoms with Gasteiger partial charge in [0.05, 0.1) is 0 Å². The number of ether oxygens (including phenoxy) is 1. The van der Waals surface area contributed by atoms with E-state index in [1.807, 2.05) is 0 Å². The highest BCUT2D eigenvalue weighted by Crippen LogP contribution is 2.57. The molecule has 2 heteroatoms. The summed E-state index contributed by atoms with van der Waals surface area (Å²) < 4.78 is 5.88. The van der Waals surface area contributed by atoms with Crippen LogP contribution in [-0.2, 0) is 9.53 Å². The first kappa shape index (κ1) is 12.9. The van der Waals surface area contributed by atoms with E-state index in [-0.39, 0.29) is 12.1 Å². The van der Waals surface area contributed by atoms with Gasteiger partial charge in [-0.1, -0.05) is 25.5 Å². The summed E-state index contributed by atoms with van der Waals surface area (Å²) in [5, 5.41) is 0. The zero-order chi connectivity index (χ0) is 13.7. The van der Waals surface area contributed by atoms with Crippen LogP contribution in [0.3, 0.4) is 0 Å². The molecule has 0 amide bonds. The normalized spacial score (nSPS) is 48.8. The molecule has 0 aromatic heterocycles. The Bertz CT molecular complexity index is 427. The van der Waals surface area contributed by atoms with Gasteiger partial charge in [0.25, 0.3) is 0 Å². The quantitative estimate of drug-likeness (QED) is 0.575. The second-order valence-corrected chi connectivity index (χ2v) is 7.82. The van der Waals surface area contributed by atoms with Crippen LogP contribution in [0.1, 0.15) is 51.9 Å². The Morgan fingerprint density at radius 1 is 1.20 bits per heavy atom. The van der Waals surface area contributed by atoms with Crippen LogP contribution in [0.15, 0.2) is 12.2 Å². The van der Waals surface area contributed by atoms with Crippen molar-refractivity contribution in [3.05, 3.63) is 12.2 Å². The van der Waals surface area contributed by atoms with E-state index in [9.17, 15) is 4.79 Å². The molecule has 0 saturated heterocycles. The highest BCUT2D eigenvalue weighted by molar-refractivity contribution is 5.70. The monoisotopic (exact) mass is 274 g/mol. The number of rotatable bonds is 3. The molecule has 110 valence electrons. The highest BCUT2D eigenvalue weighted by atomic mass is 16.5. The standard InChI is InChI=1S/C18H26O2/c1-11-5-6-12(7-11)8-18(19)20-17-10-13-9-16(17)15-4-2-3-14(13)15/h2-3,11-17H,4-10H2,1H3. The van der Waals surface area contributed by atoms with Crippen LogP contribution in [0.25, 0.3) is 0 Å². The van der Waals surface area contributed by atoms with Gasteiger partial charge in [-0.3, -0.25) is 4.79 Å². The molecule has 2 bridgehead atoms. The molecule has 3 fully saturated rings. The predicted molar refractivity (Wildman–Crippen MR) is 78.0 cm³/mol. The van der Waals surface area contributed by atoms with Gasteiger partial charge in [-0.15, -0.1) is 0 Å². The maximum absolute atomic E-state index is 12.2.